The van der Waals surface area contributed by atoms with Crippen molar-refractivity contribution in [2.75, 3.05) is 45.3 Å². The van der Waals surface area contributed by atoms with Crippen LogP contribution in [-0.2, 0) is 11.3 Å². The molecule has 0 saturated heterocycles. The van der Waals surface area contributed by atoms with E-state index in [0.29, 0.717) is 49.9 Å². The minimum Gasteiger partial charge on any atom is -0.481 e. The lowest BCUT2D eigenvalue weighted by Crippen LogP contribution is -2.48. The third kappa shape index (κ3) is 7.70. The summed E-state index contributed by atoms with van der Waals surface area (Å²) in [5.74, 6) is 0.779. The lowest BCUT2D eigenvalue weighted by atomic mass is 9.92. The van der Waals surface area contributed by atoms with Gasteiger partial charge >= 0.3 is 0 Å². The molecule has 0 saturated carbocycles. The molecular formula is C27H40N6O4. The number of anilines is 1. The van der Waals surface area contributed by atoms with E-state index in [1.165, 1.54) is 0 Å². The molecule has 202 valence electrons. The van der Waals surface area contributed by atoms with Crippen molar-refractivity contribution < 1.29 is 14.6 Å². The third-order valence-electron chi connectivity index (χ3n) is 6.07. The van der Waals surface area contributed by atoms with Gasteiger partial charge in [-0.15, -0.1) is 0 Å². The summed E-state index contributed by atoms with van der Waals surface area (Å²) in [6.07, 6.45) is 4.35. The van der Waals surface area contributed by atoms with Crippen LogP contribution < -0.4 is 20.9 Å². The number of aliphatic hydroxyl groups excluding tert-OH is 1. The van der Waals surface area contributed by atoms with E-state index >= 15 is 0 Å². The predicted octanol–water partition coefficient (Wildman–Crippen LogP) is 3.09. The lowest BCUT2D eigenvalue weighted by molar-refractivity contribution is 0.127. The molecule has 0 unspecified atom stereocenters. The van der Waals surface area contributed by atoms with Crippen LogP contribution in [0.4, 0.5) is 5.82 Å². The van der Waals surface area contributed by atoms with Gasteiger partial charge in [0.1, 0.15) is 0 Å². The highest BCUT2D eigenvalue weighted by molar-refractivity contribution is 5.78. The Hall–Kier alpha value is -3.08. The standard InChI is InChI=1S/C27H40N6O4/c1-7-11-37-12-10-33-21-13-20(19-8-9-22(36-6)28-14-19)15-29-23(21)32-24(25(33)35)30-16-26(2,3)17-31-27(4,5)18-34/h8-9,13-15,31,34H,7,10-12,16-18H2,1-6H3,(H,29,30,32). The van der Waals surface area contributed by atoms with E-state index in [1.54, 1.807) is 30.1 Å². The molecule has 3 aromatic rings. The van der Waals surface area contributed by atoms with E-state index in [1.807, 2.05) is 32.9 Å². The highest BCUT2D eigenvalue weighted by Gasteiger charge is 2.24. The van der Waals surface area contributed by atoms with Crippen molar-refractivity contribution in [1.82, 2.24) is 24.8 Å². The summed E-state index contributed by atoms with van der Waals surface area (Å²) in [7, 11) is 1.57. The molecule has 0 bridgehead atoms. The van der Waals surface area contributed by atoms with Gasteiger partial charge in [-0.2, -0.15) is 0 Å². The number of fused-ring (bicyclic) bond motifs is 1. The zero-order valence-electron chi connectivity index (χ0n) is 22.8. The average Bonchev–Trinajstić information content (AvgIpc) is 2.90. The number of ether oxygens (including phenoxy) is 2. The number of nitrogens with one attached hydrogen (secondary N) is 2. The smallest absolute Gasteiger partial charge is 0.293 e. The molecule has 3 rings (SSSR count). The van der Waals surface area contributed by atoms with Gasteiger partial charge in [-0.1, -0.05) is 20.8 Å². The second-order valence-electron chi connectivity index (χ2n) is 10.6. The van der Waals surface area contributed by atoms with Crippen LogP contribution in [0.5, 0.6) is 5.88 Å². The molecule has 0 spiro atoms. The maximum Gasteiger partial charge on any atom is 0.293 e. The molecule has 0 aliphatic heterocycles. The van der Waals surface area contributed by atoms with Gasteiger partial charge in [0, 0.05) is 61.4 Å². The molecule has 0 aliphatic carbocycles. The number of rotatable bonds is 14. The molecule has 0 fully saturated rings. The van der Waals surface area contributed by atoms with Gasteiger partial charge < -0.3 is 25.2 Å². The highest BCUT2D eigenvalue weighted by Crippen LogP contribution is 2.23. The maximum absolute atomic E-state index is 13.5. The Bertz CT molecular complexity index is 1220. The summed E-state index contributed by atoms with van der Waals surface area (Å²) in [5.41, 5.74) is 1.98. The molecule has 3 N–H and O–H groups in total. The van der Waals surface area contributed by atoms with Crippen LogP contribution in [0.15, 0.2) is 35.4 Å². The SMILES string of the molecule is CCCOCCn1c(=O)c(NCC(C)(C)CNC(C)(C)CO)nc2ncc(-c3ccc(OC)nc3)cc21. The summed E-state index contributed by atoms with van der Waals surface area (Å²) >= 11 is 0. The van der Waals surface area contributed by atoms with Crippen molar-refractivity contribution in [2.45, 2.75) is 53.1 Å². The fourth-order valence-corrected chi connectivity index (χ4v) is 3.61. The van der Waals surface area contributed by atoms with Crippen LogP contribution in [0, 0.1) is 5.41 Å². The Morgan fingerprint density at radius 1 is 1.05 bits per heavy atom. The number of hydrogen-bond donors (Lipinski definition) is 3. The van der Waals surface area contributed by atoms with Gasteiger partial charge in [-0.05, 0) is 37.8 Å². The average molecular weight is 513 g/mol. The Kier molecular flexibility index (Phi) is 9.58. The highest BCUT2D eigenvalue weighted by atomic mass is 16.5. The minimum atomic E-state index is -0.384. The molecule has 3 heterocycles. The number of methoxy groups -OCH3 is 1. The first-order valence-electron chi connectivity index (χ1n) is 12.7. The molecule has 10 heteroatoms. The molecule has 0 aromatic carbocycles. The Labute approximate surface area is 218 Å². The lowest BCUT2D eigenvalue weighted by Gasteiger charge is -2.31. The molecule has 10 nitrogen and oxygen atoms in total. The Morgan fingerprint density at radius 2 is 1.81 bits per heavy atom. The van der Waals surface area contributed by atoms with Crippen LogP contribution in [-0.4, -0.2) is 70.2 Å². The zero-order valence-corrected chi connectivity index (χ0v) is 22.8. The largest absolute Gasteiger partial charge is 0.481 e. The van der Waals surface area contributed by atoms with Crippen LogP contribution in [0.25, 0.3) is 22.3 Å². The van der Waals surface area contributed by atoms with Crippen molar-refractivity contribution >= 4 is 17.0 Å². The first-order chi connectivity index (χ1) is 17.6. The summed E-state index contributed by atoms with van der Waals surface area (Å²) in [4.78, 5) is 27.0. The molecule has 0 radical (unpaired) electrons. The molecular weight excluding hydrogens is 472 g/mol. The second kappa shape index (κ2) is 12.4. The second-order valence-corrected chi connectivity index (χ2v) is 10.6. The van der Waals surface area contributed by atoms with E-state index in [9.17, 15) is 9.90 Å². The van der Waals surface area contributed by atoms with Crippen molar-refractivity contribution in [2.24, 2.45) is 5.41 Å². The van der Waals surface area contributed by atoms with Crippen LogP contribution in [0.2, 0.25) is 0 Å². The topological polar surface area (TPSA) is 123 Å². The first kappa shape index (κ1) is 28.5. The summed E-state index contributed by atoms with van der Waals surface area (Å²) in [5, 5.41) is 16.2. The first-order valence-corrected chi connectivity index (χ1v) is 12.7. The molecule has 0 amide bonds. The van der Waals surface area contributed by atoms with E-state index in [0.717, 1.165) is 17.5 Å². The van der Waals surface area contributed by atoms with Crippen LogP contribution in [0.1, 0.15) is 41.0 Å². The minimum absolute atomic E-state index is 0.0355. The van der Waals surface area contributed by atoms with Crippen LogP contribution in [0.3, 0.4) is 0 Å². The number of hydrogen-bond acceptors (Lipinski definition) is 9. The van der Waals surface area contributed by atoms with Gasteiger partial charge in [-0.3, -0.25) is 9.36 Å². The van der Waals surface area contributed by atoms with Gasteiger partial charge in [-0.25, -0.2) is 15.0 Å². The Balaban J connectivity index is 1.92. The van der Waals surface area contributed by atoms with E-state index < -0.39 is 0 Å². The van der Waals surface area contributed by atoms with Crippen molar-refractivity contribution in [3.05, 3.63) is 40.9 Å². The van der Waals surface area contributed by atoms with Gasteiger partial charge in [0.05, 0.1) is 25.8 Å². The van der Waals surface area contributed by atoms with E-state index in [2.05, 4.69) is 39.4 Å². The molecule has 0 aliphatic rings. The van der Waals surface area contributed by atoms with Crippen molar-refractivity contribution in [3.63, 3.8) is 0 Å². The molecule has 3 aromatic heterocycles. The fourth-order valence-electron chi connectivity index (χ4n) is 3.61. The van der Waals surface area contributed by atoms with Crippen LogP contribution >= 0.6 is 0 Å². The number of aromatic nitrogens is 4. The van der Waals surface area contributed by atoms with E-state index in [4.69, 9.17) is 9.47 Å². The quantitative estimate of drug-likeness (QED) is 0.280. The number of nitrogens with zero attached hydrogens (tertiary/aromatic N) is 4. The number of pyridine rings is 2. The Morgan fingerprint density at radius 3 is 2.46 bits per heavy atom. The fraction of sp³-hybridized carbons (Fsp3) is 0.556. The molecule has 0 atom stereocenters. The predicted molar refractivity (Wildman–Crippen MR) is 146 cm³/mol. The number of aliphatic hydroxyl groups is 1. The normalized spacial score (nSPS) is 12.2. The summed E-state index contributed by atoms with van der Waals surface area (Å²) < 4.78 is 12.5. The third-order valence-corrected chi connectivity index (χ3v) is 6.07. The van der Waals surface area contributed by atoms with E-state index in [-0.39, 0.29) is 28.9 Å². The van der Waals surface area contributed by atoms with Gasteiger partial charge in [0.25, 0.3) is 5.56 Å². The summed E-state index contributed by atoms with van der Waals surface area (Å²) in [6, 6.07) is 5.60. The zero-order chi connectivity index (χ0) is 27.1. The van der Waals surface area contributed by atoms with Crippen molar-refractivity contribution in [3.8, 4) is 17.0 Å². The molecule has 37 heavy (non-hydrogen) atoms. The summed E-state index contributed by atoms with van der Waals surface area (Å²) in [6.45, 7) is 12.7. The van der Waals surface area contributed by atoms with Gasteiger partial charge in [0.2, 0.25) is 5.88 Å². The monoisotopic (exact) mass is 512 g/mol. The van der Waals surface area contributed by atoms with Gasteiger partial charge in [0.15, 0.2) is 11.5 Å². The maximum atomic E-state index is 13.5. The van der Waals surface area contributed by atoms with Crippen molar-refractivity contribution in [1.29, 1.82) is 0 Å².